The van der Waals surface area contributed by atoms with Gasteiger partial charge in [-0.1, -0.05) is 48.5 Å². The Morgan fingerprint density at radius 1 is 0.871 bits per heavy atom. The van der Waals surface area contributed by atoms with Gasteiger partial charge in [0.05, 0.1) is 5.92 Å². The molecule has 3 N–H and O–H groups in total. The minimum absolute atomic E-state index is 0.0418. The molecule has 3 aromatic carbocycles. The van der Waals surface area contributed by atoms with Crippen molar-refractivity contribution in [2.75, 3.05) is 5.32 Å². The minimum Gasteiger partial charge on any atom is -0.406 e. The zero-order valence-electron chi connectivity index (χ0n) is 15.9. The van der Waals surface area contributed by atoms with Gasteiger partial charge in [-0.3, -0.25) is 14.8 Å². The smallest absolute Gasteiger partial charge is 0.406 e. The monoisotopic (exact) mass is 430 g/mol. The number of nitrogens with one attached hydrogen (secondary N) is 2. The number of anilines is 1. The number of carbonyl (C=O) groups excluding carboxylic acids is 2. The summed E-state index contributed by atoms with van der Waals surface area (Å²) in [5.74, 6) is -2.68. The fourth-order valence-corrected chi connectivity index (χ4v) is 3.04. The van der Waals surface area contributed by atoms with Crippen molar-refractivity contribution in [3.63, 3.8) is 0 Å². The molecule has 0 fully saturated rings. The van der Waals surface area contributed by atoms with Gasteiger partial charge < -0.3 is 10.1 Å². The van der Waals surface area contributed by atoms with Gasteiger partial charge >= 0.3 is 6.36 Å². The SMILES string of the molecule is O=C(Nc1cccc(C(C(=O)NO)c2ccccc2)c1)c1cccc(OC(F)(F)F)c1. The molecule has 0 aromatic heterocycles. The Morgan fingerprint density at radius 3 is 2.23 bits per heavy atom. The summed E-state index contributed by atoms with van der Waals surface area (Å²) in [4.78, 5) is 24.8. The molecule has 3 aromatic rings. The van der Waals surface area contributed by atoms with Crippen LogP contribution in [0, 0.1) is 0 Å². The molecule has 0 aliphatic carbocycles. The third kappa shape index (κ3) is 5.83. The van der Waals surface area contributed by atoms with Crippen LogP contribution in [0.4, 0.5) is 18.9 Å². The van der Waals surface area contributed by atoms with Gasteiger partial charge in [0.25, 0.3) is 11.8 Å². The van der Waals surface area contributed by atoms with Crippen LogP contribution in [0.5, 0.6) is 5.75 Å². The van der Waals surface area contributed by atoms with Crippen molar-refractivity contribution >= 4 is 17.5 Å². The van der Waals surface area contributed by atoms with Gasteiger partial charge in [-0.25, -0.2) is 5.48 Å². The number of alkyl halides is 3. The highest BCUT2D eigenvalue weighted by molar-refractivity contribution is 6.04. The molecule has 0 radical (unpaired) electrons. The molecule has 3 rings (SSSR count). The molecule has 6 nitrogen and oxygen atoms in total. The van der Waals surface area contributed by atoms with E-state index in [-0.39, 0.29) is 5.56 Å². The summed E-state index contributed by atoms with van der Waals surface area (Å²) in [6, 6.07) is 19.7. The first kappa shape index (κ1) is 21.8. The van der Waals surface area contributed by atoms with E-state index < -0.39 is 29.8 Å². The summed E-state index contributed by atoms with van der Waals surface area (Å²) >= 11 is 0. The normalized spacial score (nSPS) is 12.0. The first-order valence-corrected chi connectivity index (χ1v) is 9.03. The van der Waals surface area contributed by atoms with Crippen LogP contribution in [0.3, 0.4) is 0 Å². The lowest BCUT2D eigenvalue weighted by molar-refractivity contribution is -0.274. The molecule has 0 heterocycles. The third-order valence-electron chi connectivity index (χ3n) is 4.31. The average Bonchev–Trinajstić information content (AvgIpc) is 2.74. The number of halogens is 3. The van der Waals surface area contributed by atoms with Crippen LogP contribution in [0.1, 0.15) is 27.4 Å². The second-order valence-corrected chi connectivity index (χ2v) is 6.47. The average molecular weight is 430 g/mol. The lowest BCUT2D eigenvalue weighted by Crippen LogP contribution is -2.27. The van der Waals surface area contributed by atoms with E-state index in [4.69, 9.17) is 5.21 Å². The number of hydrogen-bond donors (Lipinski definition) is 3. The van der Waals surface area contributed by atoms with Crippen LogP contribution in [0.15, 0.2) is 78.9 Å². The fourth-order valence-electron chi connectivity index (χ4n) is 3.04. The molecule has 1 unspecified atom stereocenters. The number of hydroxylamine groups is 1. The maximum atomic E-state index is 12.5. The molecule has 0 bridgehead atoms. The van der Waals surface area contributed by atoms with E-state index in [9.17, 15) is 22.8 Å². The van der Waals surface area contributed by atoms with Crippen molar-refractivity contribution in [2.24, 2.45) is 0 Å². The van der Waals surface area contributed by atoms with Crippen molar-refractivity contribution in [2.45, 2.75) is 12.3 Å². The van der Waals surface area contributed by atoms with Gasteiger partial charge in [-0.05, 0) is 41.5 Å². The number of hydrogen-bond acceptors (Lipinski definition) is 4. The van der Waals surface area contributed by atoms with E-state index in [2.05, 4.69) is 10.1 Å². The molecule has 1 atom stereocenters. The van der Waals surface area contributed by atoms with Gasteiger partial charge in [0.2, 0.25) is 0 Å². The molecule has 0 spiro atoms. The zero-order chi connectivity index (χ0) is 22.4. The molecule has 0 aliphatic rings. The van der Waals surface area contributed by atoms with Crippen LogP contribution in [-0.4, -0.2) is 23.4 Å². The van der Waals surface area contributed by atoms with Crippen molar-refractivity contribution in [1.82, 2.24) is 5.48 Å². The van der Waals surface area contributed by atoms with Crippen molar-refractivity contribution < 1.29 is 32.7 Å². The highest BCUT2D eigenvalue weighted by atomic mass is 19.4. The zero-order valence-corrected chi connectivity index (χ0v) is 15.9. The summed E-state index contributed by atoms with van der Waals surface area (Å²) in [7, 11) is 0. The summed E-state index contributed by atoms with van der Waals surface area (Å²) in [5.41, 5.74) is 3.03. The van der Waals surface area contributed by atoms with Crippen LogP contribution in [0.25, 0.3) is 0 Å². The molecular formula is C22H17F3N2O4. The molecule has 0 saturated heterocycles. The Balaban J connectivity index is 1.84. The quantitative estimate of drug-likeness (QED) is 0.398. The predicted molar refractivity (Wildman–Crippen MR) is 106 cm³/mol. The molecule has 160 valence electrons. The second kappa shape index (κ2) is 9.31. The maximum absolute atomic E-state index is 12.5. The predicted octanol–water partition coefficient (Wildman–Crippen LogP) is 4.47. The number of ether oxygens (including phenoxy) is 1. The molecule has 31 heavy (non-hydrogen) atoms. The fraction of sp³-hybridized carbons (Fsp3) is 0.0909. The van der Waals surface area contributed by atoms with Crippen molar-refractivity contribution in [3.05, 3.63) is 95.6 Å². The first-order chi connectivity index (χ1) is 14.8. The van der Waals surface area contributed by atoms with E-state index in [0.29, 0.717) is 16.8 Å². The van der Waals surface area contributed by atoms with Gasteiger partial charge in [-0.2, -0.15) is 0 Å². The van der Waals surface area contributed by atoms with Gasteiger partial charge in [-0.15, -0.1) is 13.2 Å². The molecule has 2 amide bonds. The van der Waals surface area contributed by atoms with E-state index in [1.807, 2.05) is 0 Å². The van der Waals surface area contributed by atoms with Crippen LogP contribution >= 0.6 is 0 Å². The Morgan fingerprint density at radius 2 is 1.55 bits per heavy atom. The number of carbonyl (C=O) groups is 2. The van der Waals surface area contributed by atoms with E-state index in [0.717, 1.165) is 12.1 Å². The van der Waals surface area contributed by atoms with Gasteiger partial charge in [0.1, 0.15) is 5.75 Å². The topological polar surface area (TPSA) is 87.7 Å². The molecule has 9 heteroatoms. The van der Waals surface area contributed by atoms with Gasteiger partial charge in [0.15, 0.2) is 0 Å². The summed E-state index contributed by atoms with van der Waals surface area (Å²) in [6.07, 6.45) is -4.87. The largest absolute Gasteiger partial charge is 0.573 e. The maximum Gasteiger partial charge on any atom is 0.573 e. The number of amides is 2. The van der Waals surface area contributed by atoms with E-state index in [1.54, 1.807) is 60.1 Å². The highest BCUT2D eigenvalue weighted by Crippen LogP contribution is 2.28. The van der Waals surface area contributed by atoms with E-state index in [1.165, 1.54) is 12.1 Å². The number of rotatable bonds is 6. The highest BCUT2D eigenvalue weighted by Gasteiger charge is 2.31. The molecular weight excluding hydrogens is 413 g/mol. The minimum atomic E-state index is -4.87. The lowest BCUT2D eigenvalue weighted by Gasteiger charge is -2.17. The Bertz CT molecular complexity index is 1070. The molecule has 0 saturated carbocycles. The molecule has 0 aliphatic heterocycles. The summed E-state index contributed by atoms with van der Waals surface area (Å²) < 4.78 is 41.0. The Kier molecular flexibility index (Phi) is 6.56. The first-order valence-electron chi connectivity index (χ1n) is 9.03. The summed E-state index contributed by atoms with van der Waals surface area (Å²) in [6.45, 7) is 0. The van der Waals surface area contributed by atoms with E-state index >= 15 is 0 Å². The van der Waals surface area contributed by atoms with Gasteiger partial charge in [0, 0.05) is 11.3 Å². The standard InChI is InChI=1S/C22H17F3N2O4/c23-22(24,25)31-18-11-5-9-16(13-18)20(28)26-17-10-4-8-15(12-17)19(21(29)27-30)14-6-2-1-3-7-14/h1-13,19,30H,(H,26,28)(H,27,29). The van der Waals surface area contributed by atoms with Crippen molar-refractivity contribution in [3.8, 4) is 5.75 Å². The van der Waals surface area contributed by atoms with Crippen molar-refractivity contribution in [1.29, 1.82) is 0 Å². The lowest BCUT2D eigenvalue weighted by atomic mass is 9.90. The summed E-state index contributed by atoms with van der Waals surface area (Å²) in [5, 5.41) is 11.7. The van der Waals surface area contributed by atoms with Crippen LogP contribution in [0.2, 0.25) is 0 Å². The second-order valence-electron chi connectivity index (χ2n) is 6.47. The Labute approximate surface area is 175 Å². The van der Waals surface area contributed by atoms with Crippen LogP contribution in [-0.2, 0) is 4.79 Å². The van der Waals surface area contributed by atoms with Crippen LogP contribution < -0.4 is 15.5 Å². The third-order valence-corrected chi connectivity index (χ3v) is 4.31. The Hall–Kier alpha value is -3.85. The number of benzene rings is 3.